The van der Waals surface area contributed by atoms with E-state index in [0.29, 0.717) is 12.8 Å². The fraction of sp³-hybridized carbons (Fsp3) is 0.611. The summed E-state index contributed by atoms with van der Waals surface area (Å²) in [6.45, 7) is 4.23. The van der Waals surface area contributed by atoms with E-state index >= 15 is 0 Å². The topological polar surface area (TPSA) is 140 Å². The van der Waals surface area contributed by atoms with E-state index in [-0.39, 0.29) is 35.8 Å². The van der Waals surface area contributed by atoms with Gasteiger partial charge in [-0.1, -0.05) is 26.2 Å². The Morgan fingerprint density at radius 3 is 2.50 bits per heavy atom. The summed E-state index contributed by atoms with van der Waals surface area (Å²) in [7, 11) is 2.00. The van der Waals surface area contributed by atoms with Crippen molar-refractivity contribution in [3.05, 3.63) is 26.9 Å². The molecule has 2 rings (SSSR count). The van der Waals surface area contributed by atoms with Crippen molar-refractivity contribution >= 4 is 18.2 Å². The highest BCUT2D eigenvalue weighted by Crippen LogP contribution is 2.28. The molecule has 1 fully saturated rings. The number of terminal acetylenes is 1. The summed E-state index contributed by atoms with van der Waals surface area (Å²) >= 11 is 5.10. The molecule has 0 radical (unpaired) electrons. The molecule has 160 valence electrons. The summed E-state index contributed by atoms with van der Waals surface area (Å²) in [6, 6.07) is 0. The largest absolute Gasteiger partial charge is 0.462 e. The van der Waals surface area contributed by atoms with Gasteiger partial charge in [0.1, 0.15) is 18.4 Å². The summed E-state index contributed by atoms with van der Waals surface area (Å²) in [4.78, 5) is 25.0. The van der Waals surface area contributed by atoms with Gasteiger partial charge in [0.25, 0.3) is 5.56 Å². The maximum absolute atomic E-state index is 11.5. The Kier molecular flexibility index (Phi) is 17.2. The normalized spacial score (nSPS) is 16.8. The number of aromatic amines is 1. The fourth-order valence-corrected chi connectivity index (χ4v) is 2.32. The average molecular weight is 418 g/mol. The zero-order valence-electron chi connectivity index (χ0n) is 16.8. The second-order valence-electron chi connectivity index (χ2n) is 5.24. The van der Waals surface area contributed by atoms with Gasteiger partial charge in [0.05, 0.1) is 12.6 Å². The van der Waals surface area contributed by atoms with E-state index in [9.17, 15) is 9.59 Å². The molecule has 9 nitrogen and oxygen atoms in total. The molecule has 2 atom stereocenters. The van der Waals surface area contributed by atoms with Gasteiger partial charge in [-0.3, -0.25) is 19.1 Å². The van der Waals surface area contributed by atoms with Gasteiger partial charge in [-0.15, -0.1) is 6.42 Å². The number of carbonyl (C=O) groups excluding carboxylic acids is 1. The summed E-state index contributed by atoms with van der Waals surface area (Å²) in [6.07, 6.45) is 8.82. The van der Waals surface area contributed by atoms with Crippen molar-refractivity contribution in [1.29, 1.82) is 0 Å². The van der Waals surface area contributed by atoms with Crippen molar-refractivity contribution in [2.75, 3.05) is 27.4 Å². The lowest BCUT2D eigenvalue weighted by Crippen LogP contribution is -2.24. The molecule has 0 spiro atoms. The number of aliphatic hydroxyl groups is 2. The van der Waals surface area contributed by atoms with Crippen LogP contribution in [0.5, 0.6) is 0 Å². The quantitative estimate of drug-likeness (QED) is 0.319. The predicted octanol–water partition coefficient (Wildman–Crippen LogP) is 0.700. The number of aliphatic hydroxyl groups excluding tert-OH is 2. The molecular formula is C18H31N3O6S. The number of hydrogen-bond acceptors (Lipinski definition) is 8. The first-order valence-corrected chi connectivity index (χ1v) is 9.10. The van der Waals surface area contributed by atoms with E-state index in [0.717, 1.165) is 14.2 Å². The summed E-state index contributed by atoms with van der Waals surface area (Å²) in [5.41, 5.74) is 4.94. The number of ether oxygens (including phenoxy) is 2. The van der Waals surface area contributed by atoms with Gasteiger partial charge in [-0.2, -0.15) is 0 Å². The molecule has 0 aromatic carbocycles. The van der Waals surface area contributed by atoms with Crippen molar-refractivity contribution in [1.82, 2.24) is 9.55 Å². The third kappa shape index (κ3) is 9.77. The van der Waals surface area contributed by atoms with Crippen LogP contribution in [0.1, 0.15) is 44.9 Å². The van der Waals surface area contributed by atoms with Crippen LogP contribution >= 0.6 is 12.2 Å². The van der Waals surface area contributed by atoms with Gasteiger partial charge < -0.3 is 25.4 Å². The molecule has 0 saturated carbocycles. The highest BCUT2D eigenvalue weighted by Gasteiger charge is 2.28. The molecule has 0 aliphatic carbocycles. The van der Waals surface area contributed by atoms with Crippen molar-refractivity contribution in [3.63, 3.8) is 0 Å². The molecule has 1 aromatic rings. The van der Waals surface area contributed by atoms with Crippen LogP contribution in [0.25, 0.3) is 0 Å². The number of H-pyrrole nitrogens is 1. The maximum Gasteiger partial charge on any atom is 0.319 e. The Labute approximate surface area is 170 Å². The minimum Gasteiger partial charge on any atom is -0.462 e. The molecule has 1 saturated heterocycles. The van der Waals surface area contributed by atoms with E-state index in [2.05, 4.69) is 24.8 Å². The van der Waals surface area contributed by atoms with Crippen LogP contribution in [0.3, 0.4) is 0 Å². The van der Waals surface area contributed by atoms with Crippen LogP contribution in [0.4, 0.5) is 0 Å². The first kappa shape index (κ1) is 28.2. The lowest BCUT2D eigenvalue weighted by Gasteiger charge is -2.17. The fourth-order valence-electron chi connectivity index (χ4n) is 2.06. The van der Waals surface area contributed by atoms with Gasteiger partial charge in [-0.25, -0.2) is 0 Å². The number of aromatic nitrogens is 2. The third-order valence-electron chi connectivity index (χ3n) is 3.12. The van der Waals surface area contributed by atoms with Crippen LogP contribution < -0.4 is 11.3 Å². The first-order valence-electron chi connectivity index (χ1n) is 8.69. The Bertz CT molecular complexity index is 710. The molecule has 28 heavy (non-hydrogen) atoms. The molecule has 5 N–H and O–H groups in total. The van der Waals surface area contributed by atoms with Gasteiger partial charge >= 0.3 is 5.97 Å². The highest BCUT2D eigenvalue weighted by atomic mass is 32.1. The van der Waals surface area contributed by atoms with Crippen molar-refractivity contribution in [3.8, 4) is 12.3 Å². The average Bonchev–Trinajstić information content (AvgIpc) is 3.18. The Hall–Kier alpha value is -2.03. The third-order valence-corrected chi connectivity index (χ3v) is 3.43. The second kappa shape index (κ2) is 17.1. The van der Waals surface area contributed by atoms with Crippen molar-refractivity contribution in [2.24, 2.45) is 5.73 Å². The van der Waals surface area contributed by atoms with Crippen molar-refractivity contribution < 1.29 is 24.5 Å². The first-order chi connectivity index (χ1) is 13.5. The molecule has 1 aromatic heterocycles. The minimum atomic E-state index is -0.475. The standard InChI is InChI=1S/C13H15N3O4S.C3H8.2CH4O/c1-2-8-6-16(13(21)15-12(8)18)10-4-3-9(20-10)7-19-11(17)5-14;1-3-2;2*1-2/h1,6,9-10H,3-5,7,14H2,(H,15,18,21);3H2,1-2H3;2*2H,1H3. The van der Waals surface area contributed by atoms with Crippen LogP contribution in [0, 0.1) is 17.1 Å². The number of carbonyl (C=O) groups is 1. The van der Waals surface area contributed by atoms with Crippen LogP contribution in [0.2, 0.25) is 0 Å². The number of hydrogen-bond donors (Lipinski definition) is 4. The minimum absolute atomic E-state index is 0.144. The van der Waals surface area contributed by atoms with Crippen LogP contribution in [-0.2, 0) is 14.3 Å². The Morgan fingerprint density at radius 1 is 1.43 bits per heavy atom. The zero-order valence-corrected chi connectivity index (χ0v) is 17.6. The van der Waals surface area contributed by atoms with E-state index < -0.39 is 11.5 Å². The lowest BCUT2D eigenvalue weighted by atomic mass is 10.2. The molecule has 0 bridgehead atoms. The molecule has 2 heterocycles. The zero-order chi connectivity index (χ0) is 22.1. The van der Waals surface area contributed by atoms with E-state index in [1.54, 1.807) is 4.57 Å². The number of esters is 1. The summed E-state index contributed by atoms with van der Waals surface area (Å²) in [5.74, 6) is 1.82. The van der Waals surface area contributed by atoms with Gasteiger partial charge in [0, 0.05) is 20.4 Å². The molecule has 2 unspecified atom stereocenters. The Morgan fingerprint density at radius 2 is 2.00 bits per heavy atom. The summed E-state index contributed by atoms with van der Waals surface area (Å²) < 4.78 is 12.5. The smallest absolute Gasteiger partial charge is 0.319 e. The highest BCUT2D eigenvalue weighted by molar-refractivity contribution is 7.71. The number of nitrogens with zero attached hydrogens (tertiary/aromatic N) is 1. The number of nitrogens with two attached hydrogens (primary N) is 1. The molecule has 1 aliphatic rings. The molecule has 1 aliphatic heterocycles. The monoisotopic (exact) mass is 417 g/mol. The van der Waals surface area contributed by atoms with Gasteiger partial charge in [-0.05, 0) is 25.1 Å². The van der Waals surface area contributed by atoms with E-state index in [4.69, 9.17) is 44.1 Å². The maximum atomic E-state index is 11.5. The van der Waals surface area contributed by atoms with Crippen LogP contribution in [-0.4, -0.2) is 59.2 Å². The summed E-state index contributed by atoms with van der Waals surface area (Å²) in [5, 5.41) is 14.0. The number of nitrogens with one attached hydrogen (secondary N) is 1. The molecule has 10 heteroatoms. The molecule has 0 amide bonds. The lowest BCUT2D eigenvalue weighted by molar-refractivity contribution is -0.146. The van der Waals surface area contributed by atoms with Crippen LogP contribution in [0.15, 0.2) is 11.0 Å². The molecular weight excluding hydrogens is 386 g/mol. The van der Waals surface area contributed by atoms with Gasteiger partial charge in [0.15, 0.2) is 4.77 Å². The Balaban J connectivity index is 0. The second-order valence-corrected chi connectivity index (χ2v) is 5.62. The predicted molar refractivity (Wildman–Crippen MR) is 109 cm³/mol. The van der Waals surface area contributed by atoms with E-state index in [1.807, 2.05) is 0 Å². The number of rotatable bonds is 4. The van der Waals surface area contributed by atoms with Gasteiger partial charge in [0.2, 0.25) is 0 Å². The SMILES string of the molecule is C#Cc1cn(C2CCC(COC(=O)CN)O2)c(=S)[nH]c1=O.CCC.CO.CO. The van der Waals surface area contributed by atoms with E-state index in [1.165, 1.54) is 12.6 Å². The van der Waals surface area contributed by atoms with Crippen molar-refractivity contribution in [2.45, 2.75) is 45.4 Å².